The zero-order chi connectivity index (χ0) is 27.2. The van der Waals surface area contributed by atoms with Crippen LogP contribution in [-0.2, 0) is 28.8 Å². The highest BCUT2D eigenvalue weighted by Crippen LogP contribution is 2.40. The van der Waals surface area contributed by atoms with Crippen LogP contribution < -0.4 is 15.4 Å². The average molecular weight is 535 g/mol. The van der Waals surface area contributed by atoms with Crippen LogP contribution in [-0.4, -0.2) is 30.5 Å². The number of carbonyl (C=O) groups excluding carboxylic acids is 3. The number of benzene rings is 2. The predicted molar refractivity (Wildman–Crippen MR) is 150 cm³/mol. The van der Waals surface area contributed by atoms with Gasteiger partial charge in [0.15, 0.2) is 6.10 Å². The molecule has 0 saturated heterocycles. The molecule has 1 aliphatic rings. The molecule has 0 radical (unpaired) electrons. The molecule has 2 atom stereocenters. The largest absolute Gasteiger partial charge is 0.481 e. The highest BCUT2D eigenvalue weighted by Gasteiger charge is 2.29. The Bertz CT molecular complexity index is 1300. The highest BCUT2D eigenvalue weighted by molar-refractivity contribution is 7.17. The molecule has 2 N–H and O–H groups in total. The summed E-state index contributed by atoms with van der Waals surface area (Å²) in [5.74, 6) is 0.0254. The van der Waals surface area contributed by atoms with Crippen LogP contribution in [0.1, 0.15) is 70.8 Å². The molecule has 0 aliphatic heterocycles. The maximum absolute atomic E-state index is 13.1. The standard InChI is InChI=1S/C30H34N2O5S/c1-5-20-8-12-22(13-9-20)31-27(33)19(4)37-23-14-10-21(11-15-23)28(34)32-29-26(30(35)36-6-2)24-16-7-18(3)17-25(24)38-29/h8-15,18-19H,5-7,16-17H2,1-4H3,(H,31,33)(H,32,34)/t18-,19-/m1/s1. The third-order valence-electron chi connectivity index (χ3n) is 6.65. The van der Waals surface area contributed by atoms with Gasteiger partial charge < -0.3 is 20.1 Å². The summed E-state index contributed by atoms with van der Waals surface area (Å²) in [6.45, 7) is 7.99. The van der Waals surface area contributed by atoms with Gasteiger partial charge in [0, 0.05) is 16.1 Å². The van der Waals surface area contributed by atoms with E-state index in [1.165, 1.54) is 16.9 Å². The molecule has 1 aromatic heterocycles. The lowest BCUT2D eigenvalue weighted by atomic mass is 9.88. The van der Waals surface area contributed by atoms with Crippen LogP contribution in [0.3, 0.4) is 0 Å². The molecule has 0 spiro atoms. The maximum atomic E-state index is 13.1. The average Bonchev–Trinajstić information content (AvgIpc) is 3.26. The fourth-order valence-electron chi connectivity index (χ4n) is 4.44. The number of hydrogen-bond acceptors (Lipinski definition) is 6. The minimum Gasteiger partial charge on any atom is -0.481 e. The van der Waals surface area contributed by atoms with Crippen molar-refractivity contribution in [3.05, 3.63) is 75.7 Å². The first-order valence-electron chi connectivity index (χ1n) is 13.1. The molecule has 3 aromatic rings. The van der Waals surface area contributed by atoms with E-state index in [1.54, 1.807) is 38.1 Å². The number of rotatable bonds is 9. The molecule has 1 heterocycles. The first-order valence-corrected chi connectivity index (χ1v) is 13.9. The van der Waals surface area contributed by atoms with Gasteiger partial charge in [-0.1, -0.05) is 26.0 Å². The lowest BCUT2D eigenvalue weighted by molar-refractivity contribution is -0.122. The molecule has 0 bridgehead atoms. The first-order chi connectivity index (χ1) is 18.3. The topological polar surface area (TPSA) is 93.7 Å². The van der Waals surface area contributed by atoms with Crippen LogP contribution in [0, 0.1) is 5.92 Å². The Balaban J connectivity index is 1.40. The Kier molecular flexibility index (Phi) is 8.84. The molecular weight excluding hydrogens is 500 g/mol. The van der Waals surface area contributed by atoms with E-state index in [0.717, 1.165) is 36.1 Å². The van der Waals surface area contributed by atoms with Gasteiger partial charge >= 0.3 is 5.97 Å². The van der Waals surface area contributed by atoms with Gasteiger partial charge in [-0.05, 0) is 93.0 Å². The molecule has 0 fully saturated rings. The van der Waals surface area contributed by atoms with Gasteiger partial charge in [0.2, 0.25) is 0 Å². The molecule has 4 rings (SSSR count). The van der Waals surface area contributed by atoms with Crippen molar-refractivity contribution >= 4 is 39.8 Å². The van der Waals surface area contributed by atoms with Crippen molar-refractivity contribution in [2.45, 2.75) is 59.5 Å². The number of nitrogens with one attached hydrogen (secondary N) is 2. The summed E-state index contributed by atoms with van der Waals surface area (Å²) in [5.41, 5.74) is 3.80. The lowest BCUT2D eigenvalue weighted by Gasteiger charge is -2.18. The number of carbonyl (C=O) groups is 3. The molecule has 0 unspecified atom stereocenters. The number of fused-ring (bicyclic) bond motifs is 1. The summed E-state index contributed by atoms with van der Waals surface area (Å²) in [5, 5.41) is 6.31. The van der Waals surface area contributed by atoms with Gasteiger partial charge in [0.25, 0.3) is 11.8 Å². The fourth-order valence-corrected chi connectivity index (χ4v) is 5.84. The lowest BCUT2D eigenvalue weighted by Crippen LogP contribution is -2.30. The molecule has 7 nitrogen and oxygen atoms in total. The second-order valence-corrected chi connectivity index (χ2v) is 10.7. The summed E-state index contributed by atoms with van der Waals surface area (Å²) >= 11 is 1.46. The van der Waals surface area contributed by atoms with E-state index < -0.39 is 12.1 Å². The Morgan fingerprint density at radius 3 is 2.39 bits per heavy atom. The van der Waals surface area contributed by atoms with E-state index in [9.17, 15) is 14.4 Å². The number of anilines is 2. The van der Waals surface area contributed by atoms with Crippen LogP contribution >= 0.6 is 11.3 Å². The zero-order valence-corrected chi connectivity index (χ0v) is 23.1. The maximum Gasteiger partial charge on any atom is 0.341 e. The number of hydrogen-bond donors (Lipinski definition) is 2. The van der Waals surface area contributed by atoms with Gasteiger partial charge in [0.05, 0.1) is 12.2 Å². The fraction of sp³-hybridized carbons (Fsp3) is 0.367. The van der Waals surface area contributed by atoms with E-state index >= 15 is 0 Å². The zero-order valence-electron chi connectivity index (χ0n) is 22.3. The number of esters is 1. The van der Waals surface area contributed by atoms with Crippen molar-refractivity contribution in [2.75, 3.05) is 17.2 Å². The molecular formula is C30H34N2O5S. The summed E-state index contributed by atoms with van der Waals surface area (Å²) in [4.78, 5) is 39.5. The molecule has 200 valence electrons. The van der Waals surface area contributed by atoms with Crippen molar-refractivity contribution in [3.63, 3.8) is 0 Å². The van der Waals surface area contributed by atoms with Crippen LogP contribution in [0.4, 0.5) is 10.7 Å². The van der Waals surface area contributed by atoms with Gasteiger partial charge in [-0.3, -0.25) is 9.59 Å². The van der Waals surface area contributed by atoms with E-state index in [4.69, 9.17) is 9.47 Å². The first kappa shape index (κ1) is 27.4. The minimum absolute atomic E-state index is 0.265. The predicted octanol–water partition coefficient (Wildman–Crippen LogP) is 6.27. The molecule has 0 saturated carbocycles. The Hall–Kier alpha value is -3.65. The molecule has 1 aliphatic carbocycles. The second-order valence-electron chi connectivity index (χ2n) is 9.55. The van der Waals surface area contributed by atoms with Crippen molar-refractivity contribution in [1.82, 2.24) is 0 Å². The molecule has 8 heteroatoms. The smallest absolute Gasteiger partial charge is 0.341 e. The highest BCUT2D eigenvalue weighted by atomic mass is 32.1. The third kappa shape index (κ3) is 6.42. The van der Waals surface area contributed by atoms with E-state index in [0.29, 0.717) is 33.5 Å². The normalized spacial score (nSPS) is 15.2. The number of thiophene rings is 1. The molecule has 38 heavy (non-hydrogen) atoms. The van der Waals surface area contributed by atoms with Crippen molar-refractivity contribution < 1.29 is 23.9 Å². The van der Waals surface area contributed by atoms with E-state index in [1.807, 2.05) is 24.3 Å². The van der Waals surface area contributed by atoms with Gasteiger partial charge in [-0.25, -0.2) is 4.79 Å². The van der Waals surface area contributed by atoms with Crippen LogP contribution in [0.5, 0.6) is 5.75 Å². The van der Waals surface area contributed by atoms with Crippen molar-refractivity contribution in [3.8, 4) is 5.75 Å². The Morgan fingerprint density at radius 1 is 1.03 bits per heavy atom. The number of amides is 2. The molecule has 2 amide bonds. The van der Waals surface area contributed by atoms with E-state index in [2.05, 4.69) is 24.5 Å². The third-order valence-corrected chi connectivity index (χ3v) is 7.82. The number of ether oxygens (including phenoxy) is 2. The summed E-state index contributed by atoms with van der Waals surface area (Å²) in [7, 11) is 0. The SMILES string of the molecule is CCOC(=O)c1c(NC(=O)c2ccc(O[C@H](C)C(=O)Nc3ccc(CC)cc3)cc2)sc2c1CC[C@@H](C)C2. The monoisotopic (exact) mass is 534 g/mol. The Labute approximate surface area is 227 Å². The number of aryl methyl sites for hydroxylation is 1. The van der Waals surface area contributed by atoms with Crippen LogP contribution in [0.2, 0.25) is 0 Å². The second kappa shape index (κ2) is 12.3. The van der Waals surface area contributed by atoms with Crippen molar-refractivity contribution in [2.24, 2.45) is 5.92 Å². The van der Waals surface area contributed by atoms with Crippen LogP contribution in [0.15, 0.2) is 48.5 Å². The Morgan fingerprint density at radius 2 is 1.74 bits per heavy atom. The van der Waals surface area contributed by atoms with Crippen molar-refractivity contribution in [1.29, 1.82) is 0 Å². The molecule has 2 aromatic carbocycles. The minimum atomic E-state index is -0.729. The van der Waals surface area contributed by atoms with Crippen LogP contribution in [0.25, 0.3) is 0 Å². The van der Waals surface area contributed by atoms with Gasteiger partial charge in [-0.15, -0.1) is 11.3 Å². The van der Waals surface area contributed by atoms with Gasteiger partial charge in [-0.2, -0.15) is 0 Å². The quantitative estimate of drug-likeness (QED) is 0.316. The summed E-state index contributed by atoms with van der Waals surface area (Å²) < 4.78 is 11.1. The summed E-state index contributed by atoms with van der Waals surface area (Å²) in [6, 6.07) is 14.3. The van der Waals surface area contributed by atoms with E-state index in [-0.39, 0.29) is 18.4 Å². The van der Waals surface area contributed by atoms with Gasteiger partial charge in [0.1, 0.15) is 10.8 Å². The summed E-state index contributed by atoms with van der Waals surface area (Å²) in [6.07, 6.45) is 2.91.